The first-order chi connectivity index (χ1) is 18.4. The summed E-state index contributed by atoms with van der Waals surface area (Å²) < 4.78 is 32.9. The summed E-state index contributed by atoms with van der Waals surface area (Å²) in [7, 11) is 0. The maximum Gasteiger partial charge on any atom is 0.260 e. The number of aromatic nitrogens is 4. The van der Waals surface area contributed by atoms with E-state index in [1.807, 2.05) is 50.2 Å². The fourth-order valence-electron chi connectivity index (χ4n) is 4.72. The molecule has 0 bridgehead atoms. The second-order valence-electron chi connectivity index (χ2n) is 9.44. The van der Waals surface area contributed by atoms with Gasteiger partial charge in [-0.15, -0.1) is 0 Å². The number of rotatable bonds is 8. The third kappa shape index (κ3) is 5.71. The van der Waals surface area contributed by atoms with Gasteiger partial charge in [-0.3, -0.25) is 14.3 Å². The van der Waals surface area contributed by atoms with Crippen molar-refractivity contribution >= 4 is 17.0 Å². The Labute approximate surface area is 219 Å². The standard InChI is InChI=1S/C28H30F2N6O2/c1-17-12-19(24-5-3-4-18(2)34-24)6-7-22(17)23-13-20-14-32-28(33-16-25(29)30)35-26(20)36(27(23)37)10-8-21-15-31-9-11-38-21/h3-7,12-14,21,25,31H,8-11,15-16H2,1-2H3,(H,32,33,35). The minimum Gasteiger partial charge on any atom is -0.376 e. The van der Waals surface area contributed by atoms with Crippen molar-refractivity contribution in [3.8, 4) is 22.4 Å². The van der Waals surface area contributed by atoms with Gasteiger partial charge in [0, 0.05) is 48.0 Å². The Kier molecular flexibility index (Phi) is 7.71. The van der Waals surface area contributed by atoms with Gasteiger partial charge < -0.3 is 15.4 Å². The first kappa shape index (κ1) is 25.9. The molecule has 0 saturated carbocycles. The molecule has 0 radical (unpaired) electrons. The Hall–Kier alpha value is -3.76. The zero-order chi connectivity index (χ0) is 26.6. The lowest BCUT2D eigenvalue weighted by atomic mass is 9.97. The first-order valence-electron chi connectivity index (χ1n) is 12.7. The highest BCUT2D eigenvalue weighted by Crippen LogP contribution is 2.28. The predicted molar refractivity (Wildman–Crippen MR) is 144 cm³/mol. The summed E-state index contributed by atoms with van der Waals surface area (Å²) in [4.78, 5) is 27.1. The maximum absolute atomic E-state index is 13.9. The molecule has 1 aliphatic rings. The molecule has 3 aromatic heterocycles. The average Bonchev–Trinajstić information content (AvgIpc) is 2.92. The molecular weight excluding hydrogens is 490 g/mol. The normalized spacial score (nSPS) is 15.8. The van der Waals surface area contributed by atoms with Crippen LogP contribution >= 0.6 is 0 Å². The van der Waals surface area contributed by atoms with Gasteiger partial charge in [0.15, 0.2) is 0 Å². The number of alkyl halides is 2. The lowest BCUT2D eigenvalue weighted by molar-refractivity contribution is 0.0211. The van der Waals surface area contributed by atoms with Crippen LogP contribution in [-0.4, -0.2) is 58.3 Å². The molecule has 0 spiro atoms. The van der Waals surface area contributed by atoms with Gasteiger partial charge in [0.2, 0.25) is 5.95 Å². The third-order valence-electron chi connectivity index (χ3n) is 6.62. The number of ether oxygens (including phenoxy) is 1. The Morgan fingerprint density at radius 3 is 2.76 bits per heavy atom. The van der Waals surface area contributed by atoms with Crippen molar-refractivity contribution in [1.29, 1.82) is 0 Å². The number of pyridine rings is 2. The van der Waals surface area contributed by atoms with Gasteiger partial charge >= 0.3 is 0 Å². The largest absolute Gasteiger partial charge is 0.376 e. The number of hydrogen-bond acceptors (Lipinski definition) is 7. The average molecular weight is 521 g/mol. The summed E-state index contributed by atoms with van der Waals surface area (Å²) in [5.41, 5.74) is 5.23. The molecule has 1 unspecified atom stereocenters. The molecule has 38 heavy (non-hydrogen) atoms. The number of anilines is 1. The number of nitrogens with one attached hydrogen (secondary N) is 2. The molecule has 1 aliphatic heterocycles. The van der Waals surface area contributed by atoms with E-state index < -0.39 is 13.0 Å². The Bertz CT molecular complexity index is 1500. The number of aryl methyl sites for hydroxylation is 3. The molecule has 2 N–H and O–H groups in total. The first-order valence-corrected chi connectivity index (χ1v) is 12.7. The monoisotopic (exact) mass is 520 g/mol. The van der Waals surface area contributed by atoms with E-state index in [0.29, 0.717) is 42.7 Å². The number of benzene rings is 1. The summed E-state index contributed by atoms with van der Waals surface area (Å²) in [6.07, 6.45) is -0.410. The molecule has 5 rings (SSSR count). The number of morpholine rings is 1. The molecular formula is C28H30F2N6O2. The molecule has 4 aromatic rings. The van der Waals surface area contributed by atoms with Crippen LogP contribution in [0.25, 0.3) is 33.4 Å². The van der Waals surface area contributed by atoms with Crippen LogP contribution in [0, 0.1) is 13.8 Å². The Morgan fingerprint density at radius 1 is 1.16 bits per heavy atom. The van der Waals surface area contributed by atoms with E-state index in [-0.39, 0.29) is 17.6 Å². The van der Waals surface area contributed by atoms with E-state index in [1.165, 1.54) is 0 Å². The van der Waals surface area contributed by atoms with Gasteiger partial charge in [-0.2, -0.15) is 4.98 Å². The van der Waals surface area contributed by atoms with Gasteiger partial charge in [0.25, 0.3) is 12.0 Å². The van der Waals surface area contributed by atoms with Crippen LogP contribution in [-0.2, 0) is 11.3 Å². The van der Waals surface area contributed by atoms with Gasteiger partial charge in [-0.05, 0) is 55.7 Å². The van der Waals surface area contributed by atoms with Crippen molar-refractivity contribution in [1.82, 2.24) is 24.8 Å². The van der Waals surface area contributed by atoms with Crippen LogP contribution in [0.15, 0.2) is 53.5 Å². The predicted octanol–water partition coefficient (Wildman–Crippen LogP) is 4.19. The van der Waals surface area contributed by atoms with E-state index in [4.69, 9.17) is 4.74 Å². The van der Waals surface area contributed by atoms with E-state index in [0.717, 1.165) is 34.6 Å². The topological polar surface area (TPSA) is 94.0 Å². The van der Waals surface area contributed by atoms with Gasteiger partial charge in [0.05, 0.1) is 24.9 Å². The Balaban J connectivity index is 1.56. The highest BCUT2D eigenvalue weighted by molar-refractivity contribution is 5.83. The maximum atomic E-state index is 13.9. The van der Waals surface area contributed by atoms with E-state index in [2.05, 4.69) is 25.6 Å². The summed E-state index contributed by atoms with van der Waals surface area (Å²) in [6.45, 7) is 5.84. The van der Waals surface area contributed by atoms with E-state index in [1.54, 1.807) is 16.8 Å². The quantitative estimate of drug-likeness (QED) is 0.360. The zero-order valence-electron chi connectivity index (χ0n) is 21.4. The summed E-state index contributed by atoms with van der Waals surface area (Å²) in [5, 5.41) is 6.49. The lowest BCUT2D eigenvalue weighted by Crippen LogP contribution is -2.39. The third-order valence-corrected chi connectivity index (χ3v) is 6.62. The smallest absolute Gasteiger partial charge is 0.260 e. The summed E-state index contributed by atoms with van der Waals surface area (Å²) in [5.74, 6) is 0.0560. The van der Waals surface area contributed by atoms with Crippen LogP contribution < -0.4 is 16.2 Å². The van der Waals surface area contributed by atoms with Crippen LogP contribution in [0.5, 0.6) is 0 Å². The van der Waals surface area contributed by atoms with Crippen LogP contribution in [0.2, 0.25) is 0 Å². The van der Waals surface area contributed by atoms with Crippen LogP contribution in [0.3, 0.4) is 0 Å². The lowest BCUT2D eigenvalue weighted by Gasteiger charge is -2.24. The molecule has 1 saturated heterocycles. The second kappa shape index (κ2) is 11.3. The van der Waals surface area contributed by atoms with Crippen molar-refractivity contribution in [3.63, 3.8) is 0 Å². The zero-order valence-corrected chi connectivity index (χ0v) is 21.4. The minimum atomic E-state index is -2.55. The van der Waals surface area contributed by atoms with Crippen molar-refractivity contribution in [2.45, 2.75) is 39.3 Å². The molecule has 1 atom stereocenters. The molecule has 1 fully saturated rings. The van der Waals surface area contributed by atoms with Crippen molar-refractivity contribution in [2.75, 3.05) is 31.6 Å². The number of hydrogen-bond donors (Lipinski definition) is 2. The van der Waals surface area contributed by atoms with Gasteiger partial charge in [0.1, 0.15) is 5.65 Å². The number of fused-ring (bicyclic) bond motifs is 1. The fourth-order valence-corrected chi connectivity index (χ4v) is 4.72. The van der Waals surface area contributed by atoms with Crippen LogP contribution in [0.1, 0.15) is 17.7 Å². The van der Waals surface area contributed by atoms with E-state index in [9.17, 15) is 13.6 Å². The van der Waals surface area contributed by atoms with Crippen molar-refractivity contribution in [3.05, 3.63) is 70.3 Å². The molecule has 0 amide bonds. The second-order valence-corrected chi connectivity index (χ2v) is 9.44. The molecule has 4 heterocycles. The number of halogens is 2. The van der Waals surface area contributed by atoms with Crippen molar-refractivity contribution in [2.24, 2.45) is 0 Å². The molecule has 198 valence electrons. The molecule has 0 aliphatic carbocycles. The van der Waals surface area contributed by atoms with Gasteiger partial charge in [-0.1, -0.05) is 18.2 Å². The van der Waals surface area contributed by atoms with Crippen molar-refractivity contribution < 1.29 is 13.5 Å². The number of nitrogens with zero attached hydrogens (tertiary/aromatic N) is 4. The summed E-state index contributed by atoms with van der Waals surface area (Å²) >= 11 is 0. The SMILES string of the molecule is Cc1cccc(-c2ccc(-c3cc4cnc(NCC(F)F)nc4n(CCC4CNCCO4)c3=O)c(C)c2)n1. The molecule has 10 heteroatoms. The Morgan fingerprint density at radius 2 is 2.03 bits per heavy atom. The minimum absolute atomic E-state index is 0.0320. The van der Waals surface area contributed by atoms with Crippen LogP contribution in [0.4, 0.5) is 14.7 Å². The van der Waals surface area contributed by atoms with Gasteiger partial charge in [-0.25, -0.2) is 13.8 Å². The van der Waals surface area contributed by atoms with E-state index >= 15 is 0 Å². The summed E-state index contributed by atoms with van der Waals surface area (Å²) in [6, 6.07) is 13.6. The molecule has 8 nitrogen and oxygen atoms in total. The highest BCUT2D eigenvalue weighted by Gasteiger charge is 2.19. The highest BCUT2D eigenvalue weighted by atomic mass is 19.3. The fraction of sp³-hybridized carbons (Fsp3) is 0.357. The molecule has 1 aromatic carbocycles.